The summed E-state index contributed by atoms with van der Waals surface area (Å²) in [5, 5.41) is 0. The van der Waals surface area contributed by atoms with Gasteiger partial charge in [0.1, 0.15) is 0 Å². The summed E-state index contributed by atoms with van der Waals surface area (Å²) in [6, 6.07) is 14.8. The Hall–Kier alpha value is -2.34. The Bertz CT molecular complexity index is 844. The Morgan fingerprint density at radius 3 is 2.31 bits per heavy atom. The second-order valence-corrected chi connectivity index (χ2v) is 8.37. The predicted molar refractivity (Wildman–Crippen MR) is 103 cm³/mol. The van der Waals surface area contributed by atoms with Gasteiger partial charge < -0.3 is 4.90 Å². The molecule has 2 aromatic rings. The minimum atomic E-state index is -3.62. The van der Waals surface area contributed by atoms with Crippen molar-refractivity contribution in [2.75, 3.05) is 17.8 Å². The third kappa shape index (κ3) is 4.64. The van der Waals surface area contributed by atoms with Gasteiger partial charge in [0.2, 0.25) is 0 Å². The van der Waals surface area contributed by atoms with Crippen molar-refractivity contribution >= 4 is 21.6 Å². The highest BCUT2D eigenvalue weighted by atomic mass is 32.2. The van der Waals surface area contributed by atoms with Gasteiger partial charge in [-0.05, 0) is 61.6 Å². The van der Waals surface area contributed by atoms with Crippen LogP contribution in [0.25, 0.3) is 0 Å². The van der Waals surface area contributed by atoms with Crippen molar-refractivity contribution in [2.45, 2.75) is 31.1 Å². The normalized spacial score (nSPS) is 14.0. The second kappa shape index (κ2) is 7.91. The van der Waals surface area contributed by atoms with Crippen molar-refractivity contribution in [1.29, 1.82) is 0 Å². The van der Waals surface area contributed by atoms with Crippen molar-refractivity contribution < 1.29 is 13.2 Å². The molecule has 1 fully saturated rings. The molecule has 6 heteroatoms. The maximum absolute atomic E-state index is 12.7. The number of anilines is 1. The van der Waals surface area contributed by atoms with Gasteiger partial charge in [-0.15, -0.1) is 0 Å². The SMILES string of the molecule is CCCN(CC1CC1)C(=O)c1ccc(NS(=O)(=O)c2ccccc2)cc1. The lowest BCUT2D eigenvalue weighted by Crippen LogP contribution is -2.33. The molecule has 138 valence electrons. The summed E-state index contributed by atoms with van der Waals surface area (Å²) in [6.07, 6.45) is 3.33. The number of benzene rings is 2. The highest BCUT2D eigenvalue weighted by molar-refractivity contribution is 7.92. The zero-order valence-electron chi connectivity index (χ0n) is 14.9. The number of amides is 1. The van der Waals surface area contributed by atoms with Crippen LogP contribution in [0.3, 0.4) is 0 Å². The van der Waals surface area contributed by atoms with Crippen molar-refractivity contribution in [1.82, 2.24) is 4.90 Å². The Balaban J connectivity index is 1.70. The number of nitrogens with one attached hydrogen (secondary N) is 1. The van der Waals surface area contributed by atoms with Crippen LogP contribution in [0.15, 0.2) is 59.5 Å². The molecule has 0 atom stereocenters. The van der Waals surface area contributed by atoms with Crippen LogP contribution < -0.4 is 4.72 Å². The minimum absolute atomic E-state index is 0.0104. The molecule has 0 aromatic heterocycles. The van der Waals surface area contributed by atoms with Crippen molar-refractivity contribution in [3.63, 3.8) is 0 Å². The largest absolute Gasteiger partial charge is 0.338 e. The standard InChI is InChI=1S/C20H24N2O3S/c1-2-14-22(15-16-8-9-16)20(23)17-10-12-18(13-11-17)21-26(24,25)19-6-4-3-5-7-19/h3-7,10-13,16,21H,2,8-9,14-15H2,1H3. The topological polar surface area (TPSA) is 66.5 Å². The van der Waals surface area contributed by atoms with E-state index in [1.54, 1.807) is 54.6 Å². The van der Waals surface area contributed by atoms with Gasteiger partial charge in [0.25, 0.3) is 15.9 Å². The molecule has 0 unspecified atom stereocenters. The van der Waals surface area contributed by atoms with E-state index in [4.69, 9.17) is 0 Å². The Morgan fingerprint density at radius 2 is 1.73 bits per heavy atom. The first kappa shape index (κ1) is 18.5. The highest BCUT2D eigenvalue weighted by Gasteiger charge is 2.26. The Labute approximate surface area is 155 Å². The quantitative estimate of drug-likeness (QED) is 0.767. The second-order valence-electron chi connectivity index (χ2n) is 6.69. The van der Waals surface area contributed by atoms with Gasteiger partial charge >= 0.3 is 0 Å². The van der Waals surface area contributed by atoms with Crippen LogP contribution in [0, 0.1) is 5.92 Å². The van der Waals surface area contributed by atoms with Gasteiger partial charge in [0.15, 0.2) is 0 Å². The Morgan fingerprint density at radius 1 is 1.08 bits per heavy atom. The van der Waals surface area contributed by atoms with E-state index in [2.05, 4.69) is 11.6 Å². The number of sulfonamides is 1. The van der Waals surface area contributed by atoms with Crippen LogP contribution in [0.5, 0.6) is 0 Å². The lowest BCUT2D eigenvalue weighted by molar-refractivity contribution is 0.0748. The number of carbonyl (C=O) groups is 1. The molecule has 1 aliphatic carbocycles. The van der Waals surface area contributed by atoms with Gasteiger partial charge in [0.05, 0.1) is 4.90 Å². The average molecular weight is 372 g/mol. The van der Waals surface area contributed by atoms with Crippen LogP contribution in [-0.2, 0) is 10.0 Å². The van der Waals surface area contributed by atoms with E-state index < -0.39 is 10.0 Å². The minimum Gasteiger partial charge on any atom is -0.338 e. The molecular weight excluding hydrogens is 348 g/mol. The molecule has 1 saturated carbocycles. The van der Waals surface area contributed by atoms with Gasteiger partial charge in [-0.1, -0.05) is 25.1 Å². The van der Waals surface area contributed by atoms with Gasteiger partial charge in [-0.3, -0.25) is 9.52 Å². The zero-order chi connectivity index (χ0) is 18.6. The van der Waals surface area contributed by atoms with E-state index in [1.165, 1.54) is 12.8 Å². The van der Waals surface area contributed by atoms with Crippen LogP contribution in [0.2, 0.25) is 0 Å². The molecule has 0 spiro atoms. The Kier molecular flexibility index (Phi) is 5.61. The van der Waals surface area contributed by atoms with E-state index in [0.717, 1.165) is 19.5 Å². The first-order chi connectivity index (χ1) is 12.5. The molecule has 0 aliphatic heterocycles. The summed E-state index contributed by atoms with van der Waals surface area (Å²) >= 11 is 0. The summed E-state index contributed by atoms with van der Waals surface area (Å²) in [7, 11) is -3.62. The maximum atomic E-state index is 12.7. The molecule has 0 heterocycles. The fourth-order valence-electron chi connectivity index (χ4n) is 2.83. The fraction of sp³-hybridized carbons (Fsp3) is 0.350. The molecule has 5 nitrogen and oxygen atoms in total. The molecule has 2 aromatic carbocycles. The van der Waals surface area contributed by atoms with Gasteiger partial charge in [0, 0.05) is 24.3 Å². The molecule has 3 rings (SSSR count). The van der Waals surface area contributed by atoms with E-state index in [-0.39, 0.29) is 10.8 Å². The average Bonchev–Trinajstić information content (AvgIpc) is 3.46. The first-order valence-corrected chi connectivity index (χ1v) is 10.4. The van der Waals surface area contributed by atoms with Crippen molar-refractivity contribution in [2.24, 2.45) is 5.92 Å². The highest BCUT2D eigenvalue weighted by Crippen LogP contribution is 2.30. The molecule has 1 amide bonds. The smallest absolute Gasteiger partial charge is 0.261 e. The number of rotatable bonds is 8. The van der Waals surface area contributed by atoms with E-state index >= 15 is 0 Å². The predicted octanol–water partition coefficient (Wildman–Crippen LogP) is 3.75. The summed E-state index contributed by atoms with van der Waals surface area (Å²) in [5.74, 6) is 0.652. The van der Waals surface area contributed by atoms with Crippen molar-refractivity contribution in [3.05, 3.63) is 60.2 Å². The molecule has 0 bridgehead atoms. The monoisotopic (exact) mass is 372 g/mol. The summed E-state index contributed by atoms with van der Waals surface area (Å²) < 4.78 is 27.3. The van der Waals surface area contributed by atoms with Gasteiger partial charge in [-0.2, -0.15) is 0 Å². The molecule has 0 radical (unpaired) electrons. The molecule has 1 N–H and O–H groups in total. The lowest BCUT2D eigenvalue weighted by atomic mass is 10.1. The lowest BCUT2D eigenvalue weighted by Gasteiger charge is -2.22. The maximum Gasteiger partial charge on any atom is 0.261 e. The van der Waals surface area contributed by atoms with Crippen LogP contribution in [0.4, 0.5) is 5.69 Å². The first-order valence-electron chi connectivity index (χ1n) is 8.97. The third-order valence-electron chi connectivity index (χ3n) is 4.39. The third-order valence-corrected chi connectivity index (χ3v) is 5.79. The number of nitrogens with zero attached hydrogens (tertiary/aromatic N) is 1. The van der Waals surface area contributed by atoms with Crippen LogP contribution in [0.1, 0.15) is 36.5 Å². The van der Waals surface area contributed by atoms with Crippen LogP contribution >= 0.6 is 0 Å². The number of carbonyl (C=O) groups excluding carboxylic acids is 1. The van der Waals surface area contributed by atoms with E-state index in [0.29, 0.717) is 17.2 Å². The number of hydrogen-bond acceptors (Lipinski definition) is 3. The fourth-order valence-corrected chi connectivity index (χ4v) is 3.91. The molecule has 26 heavy (non-hydrogen) atoms. The molecular formula is C20H24N2O3S. The number of hydrogen-bond donors (Lipinski definition) is 1. The zero-order valence-corrected chi connectivity index (χ0v) is 15.7. The van der Waals surface area contributed by atoms with E-state index in [9.17, 15) is 13.2 Å². The summed E-state index contributed by atoms with van der Waals surface area (Å²) in [5.41, 5.74) is 1.02. The van der Waals surface area contributed by atoms with Crippen LogP contribution in [-0.4, -0.2) is 32.3 Å². The molecule has 1 aliphatic rings. The molecule has 0 saturated heterocycles. The summed E-state index contributed by atoms with van der Waals surface area (Å²) in [6.45, 7) is 3.63. The summed E-state index contributed by atoms with van der Waals surface area (Å²) in [4.78, 5) is 14.8. The van der Waals surface area contributed by atoms with E-state index in [1.807, 2.05) is 4.90 Å². The van der Waals surface area contributed by atoms with Crippen molar-refractivity contribution in [3.8, 4) is 0 Å². The van der Waals surface area contributed by atoms with Gasteiger partial charge in [-0.25, -0.2) is 8.42 Å².